The van der Waals surface area contributed by atoms with Gasteiger partial charge in [-0.05, 0) is 30.9 Å². The van der Waals surface area contributed by atoms with E-state index in [1.54, 1.807) is 4.90 Å². The molecule has 0 saturated carbocycles. The maximum Gasteiger partial charge on any atom is 0.227 e. The van der Waals surface area contributed by atoms with Gasteiger partial charge in [0.15, 0.2) is 0 Å². The van der Waals surface area contributed by atoms with Crippen LogP contribution in [-0.2, 0) is 21.2 Å². The van der Waals surface area contributed by atoms with E-state index in [0.29, 0.717) is 38.8 Å². The number of aromatic amines is 1. The normalized spacial score (nSPS) is 21.7. The number of nitrogens with one attached hydrogen (secondary N) is 2. The van der Waals surface area contributed by atoms with Crippen molar-refractivity contribution < 1.29 is 18.3 Å². The molecule has 1 atom stereocenters. The predicted octanol–water partition coefficient (Wildman–Crippen LogP) is 1.00. The fraction of sp³-hybridized carbons (Fsp3) is 0.500. The van der Waals surface area contributed by atoms with Gasteiger partial charge in [0.25, 0.3) is 0 Å². The summed E-state index contributed by atoms with van der Waals surface area (Å²) < 4.78 is 24.9. The first-order valence-corrected chi connectivity index (χ1v) is 10.6. The van der Waals surface area contributed by atoms with Crippen LogP contribution in [0.3, 0.4) is 0 Å². The van der Waals surface area contributed by atoms with E-state index in [0.717, 1.165) is 22.7 Å². The van der Waals surface area contributed by atoms with Crippen LogP contribution in [0.4, 0.5) is 0 Å². The highest BCUT2D eigenvalue weighted by molar-refractivity contribution is 7.88. The molecular formula is C18H25N3O4S. The second kappa shape index (κ2) is 7.38. The van der Waals surface area contributed by atoms with Crippen molar-refractivity contribution in [3.05, 3.63) is 36.0 Å². The molecule has 0 aliphatic carbocycles. The van der Waals surface area contributed by atoms with Crippen molar-refractivity contribution in [2.45, 2.75) is 31.3 Å². The number of para-hydroxylation sites is 1. The number of nitrogens with zero attached hydrogens (tertiary/aromatic N) is 1. The lowest BCUT2D eigenvalue weighted by molar-refractivity contribution is -0.130. The molecule has 1 aliphatic rings. The molecule has 1 fully saturated rings. The summed E-state index contributed by atoms with van der Waals surface area (Å²) in [6, 6.07) is 7.87. The summed E-state index contributed by atoms with van der Waals surface area (Å²) in [7, 11) is -3.35. The van der Waals surface area contributed by atoms with Gasteiger partial charge in [0.1, 0.15) is 0 Å². The number of hydrogen-bond donors (Lipinski definition) is 3. The second-order valence-electron chi connectivity index (χ2n) is 7.09. The summed E-state index contributed by atoms with van der Waals surface area (Å²) in [6.07, 6.45) is 4.71. The zero-order valence-electron chi connectivity index (χ0n) is 14.9. The highest BCUT2D eigenvalue weighted by Gasteiger charge is 2.32. The molecule has 2 heterocycles. The first-order chi connectivity index (χ1) is 12.3. The molecule has 142 valence electrons. The van der Waals surface area contributed by atoms with Crippen LogP contribution in [0.15, 0.2) is 30.5 Å². The molecular weight excluding hydrogens is 354 g/mol. The van der Waals surface area contributed by atoms with Crippen LogP contribution < -0.4 is 4.72 Å². The highest BCUT2D eigenvalue weighted by atomic mass is 32.2. The number of sulfonamides is 1. The molecule has 0 bridgehead atoms. The van der Waals surface area contributed by atoms with Gasteiger partial charge in [0.05, 0.1) is 18.3 Å². The van der Waals surface area contributed by atoms with Gasteiger partial charge in [-0.25, -0.2) is 13.1 Å². The van der Waals surface area contributed by atoms with Gasteiger partial charge in [-0.1, -0.05) is 18.2 Å². The van der Waals surface area contributed by atoms with Crippen molar-refractivity contribution in [3.63, 3.8) is 0 Å². The number of hydrogen-bond acceptors (Lipinski definition) is 4. The minimum absolute atomic E-state index is 0.0175. The van der Waals surface area contributed by atoms with Crippen molar-refractivity contribution >= 4 is 26.8 Å². The predicted molar refractivity (Wildman–Crippen MR) is 100 cm³/mol. The van der Waals surface area contributed by atoms with Gasteiger partial charge in [-0.15, -0.1) is 0 Å². The summed E-state index contributed by atoms with van der Waals surface area (Å²) in [6.45, 7) is 0.974. The van der Waals surface area contributed by atoms with Crippen LogP contribution >= 0.6 is 0 Å². The molecule has 1 unspecified atom stereocenters. The van der Waals surface area contributed by atoms with Crippen molar-refractivity contribution in [3.8, 4) is 0 Å². The third-order valence-corrected chi connectivity index (χ3v) is 5.62. The quantitative estimate of drug-likeness (QED) is 0.721. The molecule has 1 saturated heterocycles. The van der Waals surface area contributed by atoms with Crippen molar-refractivity contribution in [2.75, 3.05) is 25.9 Å². The summed E-state index contributed by atoms with van der Waals surface area (Å²) in [5, 5.41) is 11.7. The van der Waals surface area contributed by atoms with E-state index >= 15 is 0 Å². The zero-order chi connectivity index (χ0) is 18.8. The van der Waals surface area contributed by atoms with Crippen molar-refractivity contribution in [2.24, 2.45) is 0 Å². The molecule has 26 heavy (non-hydrogen) atoms. The van der Waals surface area contributed by atoms with Gasteiger partial charge < -0.3 is 15.0 Å². The average molecular weight is 379 g/mol. The Morgan fingerprint density at radius 1 is 1.31 bits per heavy atom. The van der Waals surface area contributed by atoms with Gasteiger partial charge in [0.2, 0.25) is 15.9 Å². The van der Waals surface area contributed by atoms with Crippen LogP contribution in [0.5, 0.6) is 0 Å². The summed E-state index contributed by atoms with van der Waals surface area (Å²) >= 11 is 0. The molecule has 0 spiro atoms. The SMILES string of the molecule is CS(=O)(=O)NCC1(O)CCCN(C(=O)Cc2c[nH]c3ccccc23)CC1. The standard InChI is InChI=1S/C18H25N3O4S/c1-26(24,25)20-13-18(23)7-4-9-21(10-8-18)17(22)11-14-12-19-16-6-3-2-5-15(14)16/h2-3,5-6,12,19-20,23H,4,7-11,13H2,1H3. The Morgan fingerprint density at radius 2 is 2.08 bits per heavy atom. The Morgan fingerprint density at radius 3 is 2.85 bits per heavy atom. The minimum atomic E-state index is -3.35. The smallest absolute Gasteiger partial charge is 0.227 e. The molecule has 1 aromatic heterocycles. The van der Waals surface area contributed by atoms with Crippen LogP contribution in [-0.4, -0.2) is 60.8 Å². The maximum absolute atomic E-state index is 12.7. The Kier molecular flexibility index (Phi) is 5.36. The number of benzene rings is 1. The summed E-state index contributed by atoms with van der Waals surface area (Å²) in [5.41, 5.74) is 0.857. The molecule has 7 nitrogen and oxygen atoms in total. The largest absolute Gasteiger partial charge is 0.388 e. The van der Waals surface area contributed by atoms with Crippen molar-refractivity contribution in [1.29, 1.82) is 0 Å². The van der Waals surface area contributed by atoms with Crippen LogP contribution in [0.2, 0.25) is 0 Å². The lowest BCUT2D eigenvalue weighted by Gasteiger charge is -2.26. The average Bonchev–Trinajstić information content (AvgIpc) is 2.87. The lowest BCUT2D eigenvalue weighted by Crippen LogP contribution is -2.43. The maximum atomic E-state index is 12.7. The monoisotopic (exact) mass is 379 g/mol. The molecule has 1 aromatic carbocycles. The molecule has 8 heteroatoms. The number of rotatable bonds is 5. The van der Waals surface area contributed by atoms with E-state index in [4.69, 9.17) is 0 Å². The van der Waals surface area contributed by atoms with Gasteiger partial charge in [-0.2, -0.15) is 0 Å². The first-order valence-electron chi connectivity index (χ1n) is 8.76. The fourth-order valence-electron chi connectivity index (χ4n) is 3.42. The summed E-state index contributed by atoms with van der Waals surface area (Å²) in [4.78, 5) is 17.6. The van der Waals surface area contributed by atoms with Gasteiger partial charge in [0, 0.05) is 36.7 Å². The number of amides is 1. The molecule has 1 aliphatic heterocycles. The molecule has 3 rings (SSSR count). The van der Waals surface area contributed by atoms with Crippen LogP contribution in [0.1, 0.15) is 24.8 Å². The Hall–Kier alpha value is -1.90. The van der Waals surface area contributed by atoms with Crippen LogP contribution in [0.25, 0.3) is 10.9 Å². The third kappa shape index (κ3) is 4.63. The fourth-order valence-corrected chi connectivity index (χ4v) is 3.95. The van der Waals surface area contributed by atoms with E-state index in [1.165, 1.54) is 0 Å². The van der Waals surface area contributed by atoms with E-state index in [2.05, 4.69) is 9.71 Å². The molecule has 1 amide bonds. The van der Waals surface area contributed by atoms with E-state index in [9.17, 15) is 18.3 Å². The number of likely N-dealkylation sites (tertiary alicyclic amines) is 1. The minimum Gasteiger partial charge on any atom is -0.388 e. The number of aromatic nitrogens is 1. The van der Waals surface area contributed by atoms with Crippen molar-refractivity contribution in [1.82, 2.24) is 14.6 Å². The highest BCUT2D eigenvalue weighted by Crippen LogP contribution is 2.24. The Balaban J connectivity index is 1.62. The topological polar surface area (TPSA) is 102 Å². The number of carbonyl (C=O) groups is 1. The first kappa shape index (κ1) is 18.9. The number of fused-ring (bicyclic) bond motifs is 1. The summed E-state index contributed by atoms with van der Waals surface area (Å²) in [5.74, 6) is 0.0232. The lowest BCUT2D eigenvalue weighted by atomic mass is 9.95. The van der Waals surface area contributed by atoms with Gasteiger partial charge in [-0.3, -0.25) is 4.79 Å². The second-order valence-corrected chi connectivity index (χ2v) is 8.92. The number of carbonyl (C=O) groups excluding carboxylic acids is 1. The van der Waals surface area contributed by atoms with E-state index in [1.807, 2.05) is 30.5 Å². The molecule has 0 radical (unpaired) electrons. The molecule has 2 aromatic rings. The van der Waals surface area contributed by atoms with E-state index < -0.39 is 15.6 Å². The van der Waals surface area contributed by atoms with E-state index in [-0.39, 0.29) is 12.5 Å². The molecule has 3 N–H and O–H groups in total. The zero-order valence-corrected chi connectivity index (χ0v) is 15.7. The van der Waals surface area contributed by atoms with Gasteiger partial charge >= 0.3 is 0 Å². The number of H-pyrrole nitrogens is 1. The van der Waals surface area contributed by atoms with Crippen LogP contribution in [0, 0.1) is 0 Å². The Labute approximate surface area is 153 Å². The third-order valence-electron chi connectivity index (χ3n) is 4.95. The Bertz CT molecular complexity index is 893. The number of aliphatic hydroxyl groups is 1.